The van der Waals surface area contributed by atoms with Gasteiger partial charge in [-0.05, 0) is 140 Å². The second-order valence-corrected chi connectivity index (χ2v) is 23.4. The molecule has 0 unspecified atom stereocenters. The molecule has 0 radical (unpaired) electrons. The number of anilines is 6. The van der Waals surface area contributed by atoms with Crippen molar-refractivity contribution in [3.05, 3.63) is 111 Å². The summed E-state index contributed by atoms with van der Waals surface area (Å²) in [6.45, 7) is 38.6. The van der Waals surface area contributed by atoms with Gasteiger partial charge in [0.15, 0.2) is 11.5 Å². The monoisotopic (exact) mass is 828 g/mol. The van der Waals surface area contributed by atoms with Crippen molar-refractivity contribution in [1.82, 2.24) is 0 Å². The first-order valence-electron chi connectivity index (χ1n) is 22.5. The van der Waals surface area contributed by atoms with E-state index in [1.54, 1.807) is 0 Å². The number of nitrogens with zero attached hydrogens (tertiary/aromatic N) is 2. The predicted octanol–water partition coefficient (Wildman–Crippen LogP) is 13.6. The van der Waals surface area contributed by atoms with Crippen molar-refractivity contribution in [1.29, 1.82) is 0 Å². The molecule has 9 rings (SSSR count). The first kappa shape index (κ1) is 41.7. The molecule has 3 aliphatic rings. The lowest BCUT2D eigenvalue weighted by Gasteiger charge is -2.45. The van der Waals surface area contributed by atoms with E-state index in [2.05, 4.69) is 187 Å². The lowest BCUT2D eigenvalue weighted by atomic mass is 9.33. The molecule has 5 aromatic carbocycles. The van der Waals surface area contributed by atoms with Crippen LogP contribution in [-0.4, -0.2) is 19.9 Å². The van der Waals surface area contributed by atoms with Crippen molar-refractivity contribution < 1.29 is 9.47 Å². The highest BCUT2D eigenvalue weighted by atomic mass is 32.1. The SMILES string of the molecule is Cc1cc(C(C)(C)C)cc(C)c1N1c2cc(C(C)(C)C)cc3c2B(c2cc(C(C)(C)C)ccc2N3c2c(C)cc3c(c2C)OCCCO3)c2c1sc1ccc(C(C)(C)C)cc21. The summed E-state index contributed by atoms with van der Waals surface area (Å²) in [5.74, 6) is 1.71. The summed E-state index contributed by atoms with van der Waals surface area (Å²) in [5.41, 5.74) is 20.5. The Labute approximate surface area is 370 Å². The molecule has 0 saturated carbocycles. The molecule has 4 heterocycles. The molecular formula is C55H65BN2O2S. The van der Waals surface area contributed by atoms with Crippen LogP contribution in [0.3, 0.4) is 0 Å². The lowest BCUT2D eigenvalue weighted by Crippen LogP contribution is -2.61. The van der Waals surface area contributed by atoms with Gasteiger partial charge in [-0.15, -0.1) is 11.3 Å². The van der Waals surface area contributed by atoms with Crippen LogP contribution in [0.2, 0.25) is 0 Å². The summed E-state index contributed by atoms with van der Waals surface area (Å²) < 4.78 is 14.2. The number of hydrogen-bond acceptors (Lipinski definition) is 5. The van der Waals surface area contributed by atoms with E-state index < -0.39 is 0 Å². The summed E-state index contributed by atoms with van der Waals surface area (Å²) >= 11 is 1.96. The molecule has 61 heavy (non-hydrogen) atoms. The van der Waals surface area contributed by atoms with Gasteiger partial charge in [-0.25, -0.2) is 0 Å². The van der Waals surface area contributed by atoms with Gasteiger partial charge >= 0.3 is 0 Å². The fraction of sp³-hybridized carbons (Fsp3) is 0.418. The minimum absolute atomic E-state index is 0.00481. The number of aryl methyl sites for hydroxylation is 3. The Hall–Kier alpha value is -4.68. The molecule has 6 heteroatoms. The highest BCUT2D eigenvalue weighted by molar-refractivity contribution is 7.26. The molecule has 0 atom stereocenters. The van der Waals surface area contributed by atoms with E-state index in [-0.39, 0.29) is 28.4 Å². The van der Waals surface area contributed by atoms with Gasteiger partial charge in [0.25, 0.3) is 6.71 Å². The van der Waals surface area contributed by atoms with E-state index in [1.807, 2.05) is 11.3 Å². The van der Waals surface area contributed by atoms with Crippen molar-refractivity contribution in [2.45, 2.75) is 139 Å². The molecule has 4 nitrogen and oxygen atoms in total. The Bertz CT molecular complexity index is 2760. The molecule has 316 valence electrons. The van der Waals surface area contributed by atoms with Crippen LogP contribution in [0, 0.1) is 27.7 Å². The van der Waals surface area contributed by atoms with Crippen molar-refractivity contribution in [3.8, 4) is 11.5 Å². The van der Waals surface area contributed by atoms with E-state index in [1.165, 1.54) is 98.9 Å². The average Bonchev–Trinajstić information content (AvgIpc) is 3.36. The first-order valence-corrected chi connectivity index (χ1v) is 23.3. The fourth-order valence-corrected chi connectivity index (χ4v) is 11.3. The first-order chi connectivity index (χ1) is 28.4. The third-order valence-electron chi connectivity index (χ3n) is 13.5. The van der Waals surface area contributed by atoms with Crippen molar-refractivity contribution >= 4 is 78.0 Å². The molecule has 6 aromatic rings. The number of ether oxygens (including phenoxy) is 2. The highest BCUT2D eigenvalue weighted by Gasteiger charge is 2.47. The minimum atomic E-state index is -0.119. The molecular weight excluding hydrogens is 763 g/mol. The Kier molecular flexibility index (Phi) is 9.50. The molecule has 0 bridgehead atoms. The van der Waals surface area contributed by atoms with Crippen LogP contribution >= 0.6 is 11.3 Å². The standard InChI is InChI=1S/C55H65BN2O2S/c1-31-24-37(54(11,12)13)25-32(2)48(31)58-43-30-38(55(14,15)16)29-42-47(43)56(46-39-27-35(52(5,6)7)19-21-45(39)61-51(46)58)40-28-36(53(8,9)10)18-20-41(40)57(42)49-33(3)26-44-50(34(49)4)60-23-17-22-59-44/h18-21,24-30H,17,22-23H2,1-16H3. The third-order valence-corrected chi connectivity index (χ3v) is 14.7. The van der Waals surface area contributed by atoms with E-state index in [0.717, 1.165) is 23.5 Å². The van der Waals surface area contributed by atoms with Crippen molar-refractivity contribution in [2.24, 2.45) is 0 Å². The number of fused-ring (bicyclic) bond motifs is 7. The van der Waals surface area contributed by atoms with Gasteiger partial charge in [0.2, 0.25) is 0 Å². The molecule has 0 aliphatic carbocycles. The van der Waals surface area contributed by atoms with Crippen LogP contribution in [0.15, 0.2) is 66.7 Å². The van der Waals surface area contributed by atoms with Crippen LogP contribution in [0.5, 0.6) is 11.5 Å². The highest BCUT2D eigenvalue weighted by Crippen LogP contribution is 2.53. The zero-order valence-electron chi connectivity index (χ0n) is 39.7. The van der Waals surface area contributed by atoms with Gasteiger partial charge in [0.1, 0.15) is 0 Å². The predicted molar refractivity (Wildman–Crippen MR) is 265 cm³/mol. The van der Waals surface area contributed by atoms with Crippen LogP contribution < -0.4 is 35.7 Å². The topological polar surface area (TPSA) is 24.9 Å². The quantitative estimate of drug-likeness (QED) is 0.162. The maximum atomic E-state index is 6.56. The van der Waals surface area contributed by atoms with Crippen molar-refractivity contribution in [3.63, 3.8) is 0 Å². The maximum absolute atomic E-state index is 6.56. The molecule has 3 aliphatic heterocycles. The van der Waals surface area contributed by atoms with Gasteiger partial charge in [0, 0.05) is 33.7 Å². The van der Waals surface area contributed by atoms with E-state index in [0.29, 0.717) is 13.2 Å². The van der Waals surface area contributed by atoms with Gasteiger partial charge in [-0.3, -0.25) is 0 Å². The molecule has 0 N–H and O–H groups in total. The van der Waals surface area contributed by atoms with Crippen molar-refractivity contribution in [2.75, 3.05) is 23.0 Å². The van der Waals surface area contributed by atoms with Crippen LogP contribution in [0.25, 0.3) is 10.1 Å². The molecule has 0 saturated heterocycles. The number of thiophene rings is 1. The number of rotatable bonds is 2. The Morgan fingerprint density at radius 1 is 0.525 bits per heavy atom. The molecule has 0 fully saturated rings. The average molecular weight is 829 g/mol. The molecule has 1 aromatic heterocycles. The van der Waals surface area contributed by atoms with Gasteiger partial charge < -0.3 is 19.3 Å². The second-order valence-electron chi connectivity index (χ2n) is 22.3. The van der Waals surface area contributed by atoms with E-state index in [4.69, 9.17) is 9.47 Å². The third kappa shape index (κ3) is 6.69. The maximum Gasteiger partial charge on any atom is 0.254 e. The van der Waals surface area contributed by atoms with Crippen LogP contribution in [0.1, 0.15) is 134 Å². The summed E-state index contributed by atoms with van der Waals surface area (Å²) in [5, 5.41) is 2.69. The smallest absolute Gasteiger partial charge is 0.254 e. The normalized spacial score (nSPS) is 15.2. The zero-order valence-corrected chi connectivity index (χ0v) is 40.5. The molecule has 0 spiro atoms. The Morgan fingerprint density at radius 3 is 1.69 bits per heavy atom. The van der Waals surface area contributed by atoms with E-state index in [9.17, 15) is 0 Å². The summed E-state index contributed by atoms with van der Waals surface area (Å²) in [7, 11) is 0. The van der Waals surface area contributed by atoms with Crippen LogP contribution in [0.4, 0.5) is 33.4 Å². The molecule has 0 amide bonds. The largest absolute Gasteiger partial charge is 0.490 e. The van der Waals surface area contributed by atoms with Gasteiger partial charge in [0.05, 0.1) is 29.6 Å². The lowest BCUT2D eigenvalue weighted by molar-refractivity contribution is 0.296. The second kappa shape index (κ2) is 13.9. The summed E-state index contributed by atoms with van der Waals surface area (Å²) in [6, 6.07) is 26.8. The van der Waals surface area contributed by atoms with Crippen LogP contribution in [-0.2, 0) is 21.7 Å². The number of hydrogen-bond donors (Lipinski definition) is 0. The fourth-order valence-electron chi connectivity index (χ4n) is 10.1. The zero-order chi connectivity index (χ0) is 43.9. The minimum Gasteiger partial charge on any atom is -0.490 e. The van der Waals surface area contributed by atoms with Gasteiger partial charge in [-0.2, -0.15) is 0 Å². The Balaban J connectivity index is 1.47. The number of benzene rings is 5. The summed E-state index contributed by atoms with van der Waals surface area (Å²) in [6.07, 6.45) is 0.868. The van der Waals surface area contributed by atoms with E-state index >= 15 is 0 Å². The summed E-state index contributed by atoms with van der Waals surface area (Å²) in [4.78, 5) is 5.29. The Morgan fingerprint density at radius 2 is 1.07 bits per heavy atom. The van der Waals surface area contributed by atoms with Gasteiger partial charge in [-0.1, -0.05) is 119 Å².